The van der Waals surface area contributed by atoms with Crippen molar-refractivity contribution in [2.75, 3.05) is 6.61 Å². The largest absolute Gasteiger partial charge is 0.464 e. The molecule has 0 aromatic heterocycles. The van der Waals surface area contributed by atoms with Crippen molar-refractivity contribution in [1.29, 1.82) is 0 Å². The molecule has 3 aromatic rings. The fraction of sp³-hybridized carbons (Fsp3) is 0.276. The van der Waals surface area contributed by atoms with Gasteiger partial charge in [-0.1, -0.05) is 78.9 Å². The van der Waals surface area contributed by atoms with E-state index in [-0.39, 0.29) is 18.9 Å². The fourth-order valence-corrected chi connectivity index (χ4v) is 4.64. The maximum absolute atomic E-state index is 13.5. The maximum atomic E-state index is 13.5. The number of amides is 3. The van der Waals surface area contributed by atoms with Crippen molar-refractivity contribution in [3.05, 3.63) is 95.6 Å². The van der Waals surface area contributed by atoms with Gasteiger partial charge in [-0.3, -0.25) is 4.79 Å². The number of carbonyl (C=O) groups excluding carboxylic acids is 2. The third-order valence-corrected chi connectivity index (χ3v) is 6.32. The van der Waals surface area contributed by atoms with Crippen LogP contribution in [-0.4, -0.2) is 46.4 Å². The summed E-state index contributed by atoms with van der Waals surface area (Å²) in [5, 5.41) is 13.0. The van der Waals surface area contributed by atoms with Gasteiger partial charge in [-0.05, 0) is 48.6 Å². The second kappa shape index (κ2) is 10.7. The lowest BCUT2D eigenvalue weighted by molar-refractivity contribution is -0.141. The van der Waals surface area contributed by atoms with E-state index in [1.165, 1.54) is 0 Å². The van der Waals surface area contributed by atoms with E-state index in [1.54, 1.807) is 20.8 Å². The Kier molecular flexibility index (Phi) is 7.47. The first-order chi connectivity index (χ1) is 17.6. The van der Waals surface area contributed by atoms with Crippen LogP contribution in [0, 0.1) is 0 Å². The number of rotatable bonds is 6. The molecular formula is C29H31N3O5. The maximum Gasteiger partial charge on any atom is 0.423 e. The number of hydrazine groups is 1. The Morgan fingerprint density at radius 3 is 1.97 bits per heavy atom. The van der Waals surface area contributed by atoms with Crippen molar-refractivity contribution in [2.24, 2.45) is 0 Å². The number of nitrogens with one attached hydrogen (secondary N) is 2. The first-order valence-corrected chi connectivity index (χ1v) is 12.1. The van der Waals surface area contributed by atoms with Crippen LogP contribution in [0.5, 0.6) is 0 Å². The van der Waals surface area contributed by atoms with Crippen LogP contribution in [0.15, 0.2) is 78.9 Å². The number of benzene rings is 3. The number of fused-ring (bicyclic) bond motifs is 3. The Labute approximate surface area is 216 Å². The lowest BCUT2D eigenvalue weighted by Gasteiger charge is -2.36. The third kappa shape index (κ3) is 5.91. The van der Waals surface area contributed by atoms with Gasteiger partial charge >= 0.3 is 12.2 Å². The molecule has 0 bridgehead atoms. The van der Waals surface area contributed by atoms with Crippen LogP contribution < -0.4 is 10.7 Å². The average Bonchev–Trinajstić information content (AvgIpc) is 3.19. The summed E-state index contributed by atoms with van der Waals surface area (Å²) in [7, 11) is 0. The smallest absolute Gasteiger partial charge is 0.423 e. The molecular weight excluding hydrogens is 470 g/mol. The first-order valence-electron chi connectivity index (χ1n) is 12.1. The minimum atomic E-state index is -1.37. The summed E-state index contributed by atoms with van der Waals surface area (Å²) in [6, 6.07) is 24.2. The lowest BCUT2D eigenvalue weighted by atomic mass is 9.98. The van der Waals surface area contributed by atoms with Crippen molar-refractivity contribution in [3.63, 3.8) is 0 Å². The van der Waals surface area contributed by atoms with Gasteiger partial charge in [0, 0.05) is 12.3 Å². The molecule has 3 N–H and O–H groups in total. The zero-order valence-corrected chi connectivity index (χ0v) is 21.1. The number of carbonyl (C=O) groups is 3. The summed E-state index contributed by atoms with van der Waals surface area (Å²) in [5.41, 5.74) is 6.50. The fourth-order valence-electron chi connectivity index (χ4n) is 4.64. The van der Waals surface area contributed by atoms with Gasteiger partial charge in [0.25, 0.3) is 5.91 Å². The molecule has 8 heteroatoms. The summed E-state index contributed by atoms with van der Waals surface area (Å²) in [6.07, 6.45) is -1.96. The second-order valence-electron chi connectivity index (χ2n) is 9.97. The van der Waals surface area contributed by atoms with Gasteiger partial charge in [-0.25, -0.2) is 20.0 Å². The normalized spacial score (nSPS) is 13.2. The SMILES string of the molecule is CC(C)(C)N(NC(=O)O)C(=O)[C@H](Cc1ccccc1)NC(=O)OCC1c2ccccc2-c2ccccc21. The zero-order valence-electron chi connectivity index (χ0n) is 21.1. The van der Waals surface area contributed by atoms with Crippen LogP contribution in [0.2, 0.25) is 0 Å². The van der Waals surface area contributed by atoms with Gasteiger partial charge in [-0.15, -0.1) is 0 Å². The lowest BCUT2D eigenvalue weighted by Crippen LogP contribution is -2.61. The number of nitrogens with zero attached hydrogens (tertiary/aromatic N) is 1. The predicted molar refractivity (Wildman–Crippen MR) is 140 cm³/mol. The standard InChI is InChI=1S/C29H31N3O5/c1-29(2,3)32(31-27(34)35)26(33)25(17-19-11-5-4-6-12-19)30-28(36)37-18-24-22-15-9-7-13-20(22)21-14-8-10-16-23(21)24/h4-16,24-25,31H,17-18H2,1-3H3,(H,30,36)(H,34,35)/t25-/m0/s1. The molecule has 192 valence electrons. The van der Waals surface area contributed by atoms with Crippen LogP contribution in [-0.2, 0) is 16.0 Å². The van der Waals surface area contributed by atoms with Gasteiger partial charge in [0.15, 0.2) is 0 Å². The topological polar surface area (TPSA) is 108 Å². The minimum Gasteiger partial charge on any atom is -0.464 e. The predicted octanol–water partition coefficient (Wildman–Crippen LogP) is 4.95. The van der Waals surface area contributed by atoms with E-state index in [4.69, 9.17) is 4.74 Å². The third-order valence-electron chi connectivity index (χ3n) is 6.32. The van der Waals surface area contributed by atoms with Gasteiger partial charge in [0.2, 0.25) is 0 Å². The Bertz CT molecular complexity index is 1240. The van der Waals surface area contributed by atoms with Crippen LogP contribution in [0.1, 0.15) is 43.4 Å². The molecule has 1 aliphatic carbocycles. The number of ether oxygens (including phenoxy) is 1. The minimum absolute atomic E-state index is 0.0997. The van der Waals surface area contributed by atoms with E-state index >= 15 is 0 Å². The Morgan fingerprint density at radius 1 is 0.892 bits per heavy atom. The number of hydrogen-bond donors (Lipinski definition) is 3. The molecule has 1 atom stereocenters. The van der Waals surface area contributed by atoms with Crippen molar-refractivity contribution in [1.82, 2.24) is 15.8 Å². The second-order valence-corrected chi connectivity index (χ2v) is 9.97. The van der Waals surface area contributed by atoms with Crippen molar-refractivity contribution in [3.8, 4) is 11.1 Å². The monoisotopic (exact) mass is 501 g/mol. The van der Waals surface area contributed by atoms with E-state index < -0.39 is 29.7 Å². The summed E-state index contributed by atoms with van der Waals surface area (Å²) in [6.45, 7) is 5.21. The number of hydrogen-bond acceptors (Lipinski definition) is 4. The van der Waals surface area contributed by atoms with Crippen LogP contribution in [0.3, 0.4) is 0 Å². The molecule has 0 radical (unpaired) electrons. The molecule has 37 heavy (non-hydrogen) atoms. The molecule has 0 unspecified atom stereocenters. The van der Waals surface area contributed by atoms with Crippen LogP contribution >= 0.6 is 0 Å². The number of carboxylic acid groups (broad SMARTS) is 1. The van der Waals surface area contributed by atoms with Gasteiger partial charge in [-0.2, -0.15) is 0 Å². The van der Waals surface area contributed by atoms with E-state index in [2.05, 4.69) is 22.9 Å². The highest BCUT2D eigenvalue weighted by molar-refractivity contribution is 5.87. The van der Waals surface area contributed by atoms with Gasteiger partial charge in [0.05, 0.1) is 5.54 Å². The van der Waals surface area contributed by atoms with Crippen molar-refractivity contribution in [2.45, 2.75) is 44.7 Å². The Balaban J connectivity index is 1.52. The highest BCUT2D eigenvalue weighted by Crippen LogP contribution is 2.44. The molecule has 0 fully saturated rings. The molecule has 0 heterocycles. The molecule has 0 aliphatic heterocycles. The molecule has 8 nitrogen and oxygen atoms in total. The first kappa shape index (κ1) is 25.8. The van der Waals surface area contributed by atoms with Crippen LogP contribution in [0.4, 0.5) is 9.59 Å². The van der Waals surface area contributed by atoms with E-state index in [0.717, 1.165) is 32.8 Å². The molecule has 0 saturated heterocycles. The van der Waals surface area contributed by atoms with Crippen LogP contribution in [0.25, 0.3) is 11.1 Å². The average molecular weight is 502 g/mol. The highest BCUT2D eigenvalue weighted by atomic mass is 16.5. The molecule has 1 aliphatic rings. The molecule has 4 rings (SSSR count). The van der Waals surface area contributed by atoms with Gasteiger partial charge < -0.3 is 15.2 Å². The van der Waals surface area contributed by atoms with Gasteiger partial charge in [0.1, 0.15) is 12.6 Å². The summed E-state index contributed by atoms with van der Waals surface area (Å²) in [5.74, 6) is -0.714. The zero-order chi connectivity index (χ0) is 26.6. The Morgan fingerprint density at radius 2 is 1.43 bits per heavy atom. The van der Waals surface area contributed by atoms with E-state index in [9.17, 15) is 19.5 Å². The summed E-state index contributed by atoms with van der Waals surface area (Å²) >= 11 is 0. The Hall–Kier alpha value is -4.33. The number of alkyl carbamates (subject to hydrolysis) is 1. The summed E-state index contributed by atoms with van der Waals surface area (Å²) < 4.78 is 5.65. The van der Waals surface area contributed by atoms with E-state index in [0.29, 0.717) is 0 Å². The van der Waals surface area contributed by atoms with Crippen molar-refractivity contribution >= 4 is 18.1 Å². The molecule has 0 spiro atoms. The molecule has 3 amide bonds. The molecule has 0 saturated carbocycles. The van der Waals surface area contributed by atoms with Crippen molar-refractivity contribution < 1.29 is 24.2 Å². The highest BCUT2D eigenvalue weighted by Gasteiger charge is 2.35. The summed E-state index contributed by atoms with van der Waals surface area (Å²) in [4.78, 5) is 37.9. The van der Waals surface area contributed by atoms with E-state index in [1.807, 2.05) is 66.7 Å². The molecule has 3 aromatic carbocycles. The quantitative estimate of drug-likeness (QED) is 0.415.